The Bertz CT molecular complexity index is 2470. The van der Waals surface area contributed by atoms with Crippen LogP contribution < -0.4 is 0 Å². The third-order valence-corrected chi connectivity index (χ3v) is 10.0. The number of hydrogen-bond acceptors (Lipinski definition) is 1. The smallest absolute Gasteiger partial charge is 0.0541 e. The minimum Gasteiger partial charge on any atom is -0.309 e. The maximum atomic E-state index is 2.39. The van der Waals surface area contributed by atoms with Gasteiger partial charge in [-0.3, -0.25) is 0 Å². The van der Waals surface area contributed by atoms with Crippen LogP contribution in [0.1, 0.15) is 0 Å². The number of nitrogens with zero attached hydrogens (tertiary/aromatic N) is 1. The van der Waals surface area contributed by atoms with E-state index < -0.39 is 0 Å². The summed E-state index contributed by atoms with van der Waals surface area (Å²) in [6, 6.07) is 59.6. The minimum absolute atomic E-state index is 1.17. The largest absolute Gasteiger partial charge is 0.309 e. The highest BCUT2D eigenvalue weighted by Gasteiger charge is 2.15. The van der Waals surface area contributed by atoms with Crippen LogP contribution in [0.25, 0.3) is 81.0 Å². The van der Waals surface area contributed by atoms with Crippen LogP contribution in [-0.2, 0) is 0 Å². The van der Waals surface area contributed by atoms with Crippen LogP contribution in [-0.4, -0.2) is 4.57 Å². The average Bonchev–Trinajstić information content (AvgIpc) is 3.64. The number of hydrogen-bond donors (Lipinski definition) is 0. The SMILES string of the molecule is c1ccc(-c2ccc3c(c2)c2cc(-c4ccc(-c5cccc6c5sc5ccccc56)cc4)ccc2n3-c2ccccc2)cc1. The summed E-state index contributed by atoms with van der Waals surface area (Å²) in [5.74, 6) is 0. The highest BCUT2D eigenvalue weighted by molar-refractivity contribution is 7.26. The van der Waals surface area contributed by atoms with Gasteiger partial charge in [0.2, 0.25) is 0 Å². The maximum Gasteiger partial charge on any atom is 0.0541 e. The standard InChI is InChI=1S/C42H27NS/c1-3-10-28(11-4-1)31-22-24-39-37(26-31)38-27-32(23-25-40(38)43(39)33-12-5-2-6-13-33)29-18-20-30(21-19-29)34-15-9-16-36-35-14-7-8-17-41(35)44-42(34)36/h1-27H. The first-order valence-electron chi connectivity index (χ1n) is 15.0. The Morgan fingerprint density at radius 1 is 0.364 bits per heavy atom. The molecule has 0 atom stereocenters. The Balaban J connectivity index is 1.18. The number of benzene rings is 7. The van der Waals surface area contributed by atoms with Crippen LogP contribution >= 0.6 is 11.3 Å². The van der Waals surface area contributed by atoms with Gasteiger partial charge in [0, 0.05) is 36.6 Å². The fraction of sp³-hybridized carbons (Fsp3) is 0. The van der Waals surface area contributed by atoms with E-state index in [1.165, 1.54) is 81.0 Å². The molecule has 0 aliphatic rings. The second-order valence-electron chi connectivity index (χ2n) is 11.4. The van der Waals surface area contributed by atoms with E-state index in [4.69, 9.17) is 0 Å². The lowest BCUT2D eigenvalue weighted by Crippen LogP contribution is -1.93. The van der Waals surface area contributed by atoms with Crippen molar-refractivity contribution in [3.05, 3.63) is 164 Å². The van der Waals surface area contributed by atoms with Gasteiger partial charge in [0.15, 0.2) is 0 Å². The first-order valence-corrected chi connectivity index (χ1v) is 15.8. The van der Waals surface area contributed by atoms with E-state index >= 15 is 0 Å². The molecule has 0 saturated heterocycles. The number of fused-ring (bicyclic) bond motifs is 6. The summed E-state index contributed by atoms with van der Waals surface area (Å²) in [5.41, 5.74) is 11.1. The zero-order valence-corrected chi connectivity index (χ0v) is 24.8. The van der Waals surface area contributed by atoms with Crippen molar-refractivity contribution in [3.63, 3.8) is 0 Å². The number of para-hydroxylation sites is 1. The van der Waals surface area contributed by atoms with Gasteiger partial charge in [-0.1, -0.05) is 121 Å². The van der Waals surface area contributed by atoms with Crippen LogP contribution in [0, 0.1) is 0 Å². The van der Waals surface area contributed by atoms with E-state index in [1.54, 1.807) is 0 Å². The Morgan fingerprint density at radius 2 is 0.909 bits per heavy atom. The summed E-state index contributed by atoms with van der Waals surface area (Å²) in [4.78, 5) is 0. The van der Waals surface area contributed by atoms with Crippen molar-refractivity contribution in [2.24, 2.45) is 0 Å². The van der Waals surface area contributed by atoms with E-state index in [0.717, 1.165) is 0 Å². The van der Waals surface area contributed by atoms with Crippen LogP contribution in [0.15, 0.2) is 164 Å². The van der Waals surface area contributed by atoms with Gasteiger partial charge in [-0.25, -0.2) is 0 Å². The molecule has 7 aromatic carbocycles. The Hall–Kier alpha value is -5.44. The van der Waals surface area contributed by atoms with Crippen molar-refractivity contribution >= 4 is 53.3 Å². The molecule has 0 N–H and O–H groups in total. The summed E-state index contributed by atoms with van der Waals surface area (Å²) >= 11 is 1.88. The molecule has 0 fully saturated rings. The van der Waals surface area contributed by atoms with Gasteiger partial charge in [-0.05, 0) is 75.8 Å². The predicted octanol–water partition coefficient (Wildman–Crippen LogP) is 12.2. The normalized spacial score (nSPS) is 11.6. The Labute approximate surface area is 259 Å². The third-order valence-electron chi connectivity index (χ3n) is 8.82. The summed E-state index contributed by atoms with van der Waals surface area (Å²) < 4.78 is 5.08. The van der Waals surface area contributed by atoms with Gasteiger partial charge in [0.1, 0.15) is 0 Å². The highest BCUT2D eigenvalue weighted by Crippen LogP contribution is 2.41. The number of aromatic nitrogens is 1. The molecule has 0 unspecified atom stereocenters. The number of thiophene rings is 1. The first-order chi connectivity index (χ1) is 21.8. The summed E-state index contributed by atoms with van der Waals surface area (Å²) in [6.45, 7) is 0. The monoisotopic (exact) mass is 577 g/mol. The van der Waals surface area contributed by atoms with Crippen LogP contribution in [0.3, 0.4) is 0 Å². The van der Waals surface area contributed by atoms with Crippen LogP contribution in [0.2, 0.25) is 0 Å². The van der Waals surface area contributed by atoms with Crippen molar-refractivity contribution in [1.82, 2.24) is 4.57 Å². The molecule has 0 aliphatic carbocycles. The summed E-state index contributed by atoms with van der Waals surface area (Å²) in [7, 11) is 0. The van der Waals surface area contributed by atoms with E-state index in [2.05, 4.69) is 168 Å². The molecular weight excluding hydrogens is 551 g/mol. The highest BCUT2D eigenvalue weighted by atomic mass is 32.1. The fourth-order valence-electron chi connectivity index (χ4n) is 6.68. The van der Waals surface area contributed by atoms with Crippen molar-refractivity contribution in [3.8, 4) is 39.1 Å². The molecule has 0 amide bonds. The predicted molar refractivity (Wildman–Crippen MR) is 190 cm³/mol. The van der Waals surface area contributed by atoms with Crippen LogP contribution in [0.4, 0.5) is 0 Å². The second-order valence-corrected chi connectivity index (χ2v) is 12.4. The maximum absolute atomic E-state index is 2.39. The molecule has 0 saturated carbocycles. The summed E-state index contributed by atoms with van der Waals surface area (Å²) in [6.07, 6.45) is 0. The molecule has 2 aromatic heterocycles. The van der Waals surface area contributed by atoms with Gasteiger partial charge >= 0.3 is 0 Å². The lowest BCUT2D eigenvalue weighted by Gasteiger charge is -2.09. The fourth-order valence-corrected chi connectivity index (χ4v) is 7.92. The zero-order chi connectivity index (χ0) is 29.0. The van der Waals surface area contributed by atoms with Crippen molar-refractivity contribution < 1.29 is 0 Å². The summed E-state index contributed by atoms with van der Waals surface area (Å²) in [5, 5.41) is 5.20. The van der Waals surface area contributed by atoms with Crippen molar-refractivity contribution in [2.45, 2.75) is 0 Å². The second kappa shape index (κ2) is 10.1. The molecule has 2 heterocycles. The van der Waals surface area contributed by atoms with Gasteiger partial charge in [0.05, 0.1) is 11.0 Å². The van der Waals surface area contributed by atoms with E-state index in [0.29, 0.717) is 0 Å². The lowest BCUT2D eigenvalue weighted by molar-refractivity contribution is 1.18. The lowest BCUT2D eigenvalue weighted by atomic mass is 9.97. The molecular formula is C42H27NS. The molecule has 9 rings (SSSR count). The van der Waals surface area contributed by atoms with Gasteiger partial charge in [-0.15, -0.1) is 11.3 Å². The molecule has 1 nitrogen and oxygen atoms in total. The molecule has 0 aliphatic heterocycles. The molecule has 0 spiro atoms. The van der Waals surface area contributed by atoms with Gasteiger partial charge in [-0.2, -0.15) is 0 Å². The molecule has 2 heteroatoms. The minimum atomic E-state index is 1.17. The molecule has 0 radical (unpaired) electrons. The molecule has 9 aromatic rings. The molecule has 44 heavy (non-hydrogen) atoms. The van der Waals surface area contributed by atoms with E-state index in [9.17, 15) is 0 Å². The van der Waals surface area contributed by atoms with E-state index in [-0.39, 0.29) is 0 Å². The molecule has 0 bridgehead atoms. The average molecular weight is 578 g/mol. The first kappa shape index (κ1) is 25.1. The number of rotatable bonds is 4. The Kier molecular flexibility index (Phi) is 5.75. The van der Waals surface area contributed by atoms with Gasteiger partial charge in [0.25, 0.3) is 0 Å². The van der Waals surface area contributed by atoms with Crippen LogP contribution in [0.5, 0.6) is 0 Å². The van der Waals surface area contributed by atoms with E-state index in [1.807, 2.05) is 11.3 Å². The van der Waals surface area contributed by atoms with Gasteiger partial charge < -0.3 is 4.57 Å². The Morgan fingerprint density at radius 3 is 1.61 bits per heavy atom. The van der Waals surface area contributed by atoms with Crippen molar-refractivity contribution in [2.75, 3.05) is 0 Å². The quantitative estimate of drug-likeness (QED) is 0.196. The van der Waals surface area contributed by atoms with Crippen molar-refractivity contribution in [1.29, 1.82) is 0 Å². The zero-order valence-electron chi connectivity index (χ0n) is 23.9. The topological polar surface area (TPSA) is 4.93 Å². The third kappa shape index (κ3) is 4.00. The molecule has 206 valence electrons.